The Morgan fingerprint density at radius 2 is 1.95 bits per heavy atom. The van der Waals surface area contributed by atoms with Crippen LogP contribution in [0.15, 0.2) is 30.3 Å². The van der Waals surface area contributed by atoms with E-state index in [4.69, 9.17) is 4.74 Å². The summed E-state index contributed by atoms with van der Waals surface area (Å²) in [7, 11) is 3.88. The SMILES string of the molecule is CNC(CCN1CCC(OC)CC1)c1ccccc1. The van der Waals surface area contributed by atoms with Gasteiger partial charge in [0.2, 0.25) is 0 Å². The van der Waals surface area contributed by atoms with Gasteiger partial charge in [-0.15, -0.1) is 0 Å². The molecule has 0 saturated carbocycles. The van der Waals surface area contributed by atoms with Crippen LogP contribution in [-0.2, 0) is 4.74 Å². The van der Waals surface area contributed by atoms with E-state index in [0.717, 1.165) is 13.0 Å². The van der Waals surface area contributed by atoms with Crippen molar-refractivity contribution >= 4 is 0 Å². The molecular weight excluding hydrogens is 236 g/mol. The van der Waals surface area contributed by atoms with Gasteiger partial charge in [-0.25, -0.2) is 0 Å². The fourth-order valence-corrected chi connectivity index (χ4v) is 2.84. The Labute approximate surface area is 116 Å². The molecule has 0 radical (unpaired) electrons. The molecule has 0 amide bonds. The van der Waals surface area contributed by atoms with Crippen LogP contribution in [0.25, 0.3) is 0 Å². The highest BCUT2D eigenvalue weighted by molar-refractivity contribution is 5.18. The molecule has 2 rings (SSSR count). The third-order valence-corrected chi connectivity index (χ3v) is 4.15. The summed E-state index contributed by atoms with van der Waals surface area (Å²) in [5, 5.41) is 3.43. The zero-order chi connectivity index (χ0) is 13.5. The zero-order valence-electron chi connectivity index (χ0n) is 12.1. The number of hydrogen-bond acceptors (Lipinski definition) is 3. The minimum Gasteiger partial charge on any atom is -0.381 e. The molecule has 1 aliphatic heterocycles. The molecule has 1 N–H and O–H groups in total. The fourth-order valence-electron chi connectivity index (χ4n) is 2.84. The monoisotopic (exact) mass is 262 g/mol. The molecule has 3 nitrogen and oxygen atoms in total. The van der Waals surface area contributed by atoms with E-state index in [1.807, 2.05) is 7.11 Å². The molecule has 0 aromatic heterocycles. The lowest BCUT2D eigenvalue weighted by molar-refractivity contribution is 0.0401. The molecule has 3 heteroatoms. The fraction of sp³-hybridized carbons (Fsp3) is 0.625. The predicted octanol–water partition coefficient (Wildman–Crippen LogP) is 2.45. The maximum atomic E-state index is 5.42. The average Bonchev–Trinajstić information content (AvgIpc) is 2.49. The summed E-state index contributed by atoms with van der Waals surface area (Å²) >= 11 is 0. The van der Waals surface area contributed by atoms with Crippen molar-refractivity contribution in [2.24, 2.45) is 0 Å². The second-order valence-electron chi connectivity index (χ2n) is 5.32. The maximum absolute atomic E-state index is 5.42. The predicted molar refractivity (Wildman–Crippen MR) is 79.3 cm³/mol. The van der Waals surface area contributed by atoms with Gasteiger partial charge in [0.05, 0.1) is 6.10 Å². The molecule has 0 bridgehead atoms. The first-order valence-electron chi connectivity index (χ1n) is 7.31. The minimum absolute atomic E-state index is 0.460. The molecule has 0 spiro atoms. The van der Waals surface area contributed by atoms with E-state index in [2.05, 4.69) is 47.6 Å². The van der Waals surface area contributed by atoms with Crippen LogP contribution in [0.1, 0.15) is 30.9 Å². The van der Waals surface area contributed by atoms with Crippen molar-refractivity contribution in [3.05, 3.63) is 35.9 Å². The van der Waals surface area contributed by atoms with Crippen LogP contribution in [0.3, 0.4) is 0 Å². The van der Waals surface area contributed by atoms with E-state index in [1.54, 1.807) is 0 Å². The minimum atomic E-state index is 0.460. The smallest absolute Gasteiger partial charge is 0.0595 e. The Kier molecular flexibility index (Phi) is 5.83. The van der Waals surface area contributed by atoms with Crippen molar-refractivity contribution in [1.82, 2.24) is 10.2 Å². The number of rotatable bonds is 6. The average molecular weight is 262 g/mol. The largest absolute Gasteiger partial charge is 0.381 e. The Hall–Kier alpha value is -0.900. The zero-order valence-corrected chi connectivity index (χ0v) is 12.1. The first-order valence-corrected chi connectivity index (χ1v) is 7.31. The Morgan fingerprint density at radius 3 is 2.53 bits per heavy atom. The van der Waals surface area contributed by atoms with E-state index in [1.165, 1.54) is 31.5 Å². The Balaban J connectivity index is 1.78. The van der Waals surface area contributed by atoms with Crippen molar-refractivity contribution in [2.75, 3.05) is 33.8 Å². The van der Waals surface area contributed by atoms with Crippen molar-refractivity contribution < 1.29 is 4.74 Å². The highest BCUT2D eigenvalue weighted by Crippen LogP contribution is 2.18. The molecule has 1 unspecified atom stereocenters. The summed E-state index contributed by atoms with van der Waals surface area (Å²) in [5.74, 6) is 0. The summed E-state index contributed by atoms with van der Waals surface area (Å²) in [6, 6.07) is 11.2. The van der Waals surface area contributed by atoms with Gasteiger partial charge in [-0.2, -0.15) is 0 Å². The Morgan fingerprint density at radius 1 is 1.26 bits per heavy atom. The van der Waals surface area contributed by atoms with E-state index >= 15 is 0 Å². The van der Waals surface area contributed by atoms with Gasteiger partial charge in [0, 0.05) is 26.2 Å². The molecule has 1 aliphatic rings. The maximum Gasteiger partial charge on any atom is 0.0595 e. The number of benzene rings is 1. The molecule has 1 fully saturated rings. The van der Waals surface area contributed by atoms with Gasteiger partial charge in [-0.05, 0) is 38.4 Å². The first-order chi connectivity index (χ1) is 9.33. The Bertz CT molecular complexity index is 347. The van der Waals surface area contributed by atoms with Gasteiger partial charge >= 0.3 is 0 Å². The second-order valence-corrected chi connectivity index (χ2v) is 5.32. The third kappa shape index (κ3) is 4.30. The van der Waals surface area contributed by atoms with Gasteiger partial charge in [0.25, 0.3) is 0 Å². The van der Waals surface area contributed by atoms with Gasteiger partial charge in [0.15, 0.2) is 0 Å². The lowest BCUT2D eigenvalue weighted by Crippen LogP contribution is -2.38. The number of nitrogens with one attached hydrogen (secondary N) is 1. The van der Waals surface area contributed by atoms with Gasteiger partial charge in [0.1, 0.15) is 0 Å². The quantitative estimate of drug-likeness (QED) is 0.852. The van der Waals surface area contributed by atoms with Crippen LogP contribution in [0, 0.1) is 0 Å². The molecule has 1 heterocycles. The van der Waals surface area contributed by atoms with E-state index < -0.39 is 0 Å². The summed E-state index contributed by atoms with van der Waals surface area (Å²) < 4.78 is 5.42. The molecule has 1 saturated heterocycles. The summed E-state index contributed by atoms with van der Waals surface area (Å²) in [5.41, 5.74) is 1.39. The summed E-state index contributed by atoms with van der Waals surface area (Å²) in [4.78, 5) is 2.56. The summed E-state index contributed by atoms with van der Waals surface area (Å²) in [6.45, 7) is 3.50. The summed E-state index contributed by atoms with van der Waals surface area (Å²) in [6.07, 6.45) is 3.99. The molecule has 106 valence electrons. The third-order valence-electron chi connectivity index (χ3n) is 4.15. The normalized spacial score (nSPS) is 19.5. The number of nitrogens with zero attached hydrogens (tertiary/aromatic N) is 1. The number of piperidine rings is 1. The van der Waals surface area contributed by atoms with Crippen LogP contribution in [0.2, 0.25) is 0 Å². The number of hydrogen-bond donors (Lipinski definition) is 1. The van der Waals surface area contributed by atoms with Gasteiger partial charge in [-0.3, -0.25) is 0 Å². The topological polar surface area (TPSA) is 24.5 Å². The highest BCUT2D eigenvalue weighted by atomic mass is 16.5. The van der Waals surface area contributed by atoms with E-state index in [9.17, 15) is 0 Å². The molecule has 19 heavy (non-hydrogen) atoms. The first kappa shape index (κ1) is 14.5. The van der Waals surface area contributed by atoms with Gasteiger partial charge in [-0.1, -0.05) is 30.3 Å². The number of ether oxygens (including phenoxy) is 1. The molecule has 1 atom stereocenters. The van der Waals surface area contributed by atoms with E-state index in [-0.39, 0.29) is 0 Å². The molecule has 0 aliphatic carbocycles. The van der Waals surface area contributed by atoms with Crippen molar-refractivity contribution in [1.29, 1.82) is 0 Å². The van der Waals surface area contributed by atoms with Crippen LogP contribution < -0.4 is 5.32 Å². The van der Waals surface area contributed by atoms with E-state index in [0.29, 0.717) is 12.1 Å². The number of methoxy groups -OCH3 is 1. The molecular formula is C16H26N2O. The van der Waals surface area contributed by atoms with Crippen molar-refractivity contribution in [3.8, 4) is 0 Å². The van der Waals surface area contributed by atoms with Gasteiger partial charge < -0.3 is 15.0 Å². The second kappa shape index (κ2) is 7.63. The lowest BCUT2D eigenvalue weighted by Gasteiger charge is -2.32. The van der Waals surface area contributed by atoms with Crippen molar-refractivity contribution in [3.63, 3.8) is 0 Å². The van der Waals surface area contributed by atoms with Crippen molar-refractivity contribution in [2.45, 2.75) is 31.4 Å². The highest BCUT2D eigenvalue weighted by Gasteiger charge is 2.19. The standard InChI is InChI=1S/C16H26N2O/c1-17-16(14-6-4-3-5-7-14)10-13-18-11-8-15(19-2)9-12-18/h3-7,15-17H,8-13H2,1-2H3. The van der Waals surface area contributed by atoms with Crippen LogP contribution >= 0.6 is 0 Å². The van der Waals surface area contributed by atoms with Crippen LogP contribution in [0.4, 0.5) is 0 Å². The van der Waals surface area contributed by atoms with Crippen LogP contribution in [0.5, 0.6) is 0 Å². The lowest BCUT2D eigenvalue weighted by atomic mass is 10.0. The number of likely N-dealkylation sites (tertiary alicyclic amines) is 1. The van der Waals surface area contributed by atoms with Crippen LogP contribution in [-0.4, -0.2) is 44.8 Å². The molecule has 1 aromatic rings. The molecule has 1 aromatic carbocycles.